The number of rotatable bonds is 2. The second kappa shape index (κ2) is 4.73. The van der Waals surface area contributed by atoms with E-state index in [0.717, 1.165) is 11.0 Å². The molecule has 104 valence electrons. The summed E-state index contributed by atoms with van der Waals surface area (Å²) < 4.78 is 38.5. The van der Waals surface area contributed by atoms with Gasteiger partial charge in [-0.3, -0.25) is 0 Å². The Kier molecular flexibility index (Phi) is 3.55. The number of hydrazine groups is 2. The van der Waals surface area contributed by atoms with E-state index in [4.69, 9.17) is 5.84 Å². The van der Waals surface area contributed by atoms with Crippen molar-refractivity contribution in [2.75, 3.05) is 7.05 Å². The molecule has 0 fully saturated rings. The van der Waals surface area contributed by atoms with Crippen LogP contribution in [0.5, 0.6) is 0 Å². The van der Waals surface area contributed by atoms with Crippen molar-refractivity contribution >= 4 is 11.8 Å². The predicted octanol–water partition coefficient (Wildman–Crippen LogP) is 2.98. The molecule has 1 atom stereocenters. The fraction of sp³-hybridized carbons (Fsp3) is 0.333. The summed E-state index contributed by atoms with van der Waals surface area (Å²) in [6.07, 6.45) is -3.32. The maximum atomic E-state index is 12.8. The lowest BCUT2D eigenvalue weighted by Gasteiger charge is -2.34. The summed E-state index contributed by atoms with van der Waals surface area (Å²) in [5, 5.41) is 2.02. The van der Waals surface area contributed by atoms with Gasteiger partial charge in [-0.1, -0.05) is 30.0 Å². The molecule has 0 saturated carbocycles. The highest BCUT2D eigenvalue weighted by Crippen LogP contribution is 2.45. The highest BCUT2D eigenvalue weighted by atomic mass is 32.2. The van der Waals surface area contributed by atoms with E-state index in [9.17, 15) is 13.2 Å². The molecule has 1 aliphatic heterocycles. The van der Waals surface area contributed by atoms with Crippen molar-refractivity contribution in [2.24, 2.45) is 5.84 Å². The van der Waals surface area contributed by atoms with Gasteiger partial charge in [-0.2, -0.15) is 18.2 Å². The molecule has 0 spiro atoms. The predicted molar refractivity (Wildman–Crippen MR) is 68.6 cm³/mol. The first-order chi connectivity index (χ1) is 8.74. The van der Waals surface area contributed by atoms with E-state index in [1.165, 1.54) is 23.8 Å². The average Bonchev–Trinajstić information content (AvgIpc) is 2.55. The van der Waals surface area contributed by atoms with Crippen LogP contribution >= 0.6 is 11.8 Å². The van der Waals surface area contributed by atoms with Crippen LogP contribution in [0.2, 0.25) is 0 Å². The van der Waals surface area contributed by atoms with Crippen LogP contribution in [0.4, 0.5) is 13.2 Å². The van der Waals surface area contributed by atoms with Crippen molar-refractivity contribution < 1.29 is 13.2 Å². The van der Waals surface area contributed by atoms with E-state index in [1.54, 1.807) is 6.92 Å². The van der Waals surface area contributed by atoms with Crippen LogP contribution in [-0.4, -0.2) is 28.2 Å². The van der Waals surface area contributed by atoms with Gasteiger partial charge in [0.05, 0.1) is 0 Å². The number of hydrogen-bond acceptors (Lipinski definition) is 4. The number of alkyl halides is 3. The molecule has 0 saturated heterocycles. The summed E-state index contributed by atoms with van der Waals surface area (Å²) in [5.74, 6) is 5.50. The standard InChI is InChI=1S/C12H14F3N3S/c1-11(19-9-6-4-3-5-7-9)8-10(12(13,14)15)18(16)17(11)2/h3-8H,16H2,1-2H3. The van der Waals surface area contributed by atoms with Gasteiger partial charge in [0.2, 0.25) is 0 Å². The number of allylic oxidation sites excluding steroid dienone is 1. The Hall–Kier alpha value is -1.18. The van der Waals surface area contributed by atoms with Crippen LogP contribution in [0.25, 0.3) is 0 Å². The van der Waals surface area contributed by atoms with E-state index in [-0.39, 0.29) is 0 Å². The lowest BCUT2D eigenvalue weighted by molar-refractivity contribution is -0.131. The van der Waals surface area contributed by atoms with Gasteiger partial charge in [-0.15, -0.1) is 0 Å². The third-order valence-electron chi connectivity index (χ3n) is 2.98. The van der Waals surface area contributed by atoms with Gasteiger partial charge in [0.15, 0.2) is 0 Å². The molecule has 19 heavy (non-hydrogen) atoms. The van der Waals surface area contributed by atoms with E-state index in [2.05, 4.69) is 0 Å². The van der Waals surface area contributed by atoms with Crippen LogP contribution in [0.3, 0.4) is 0 Å². The second-order valence-corrected chi connectivity index (χ2v) is 5.87. The molecule has 2 N–H and O–H groups in total. The average molecular weight is 289 g/mol. The van der Waals surface area contributed by atoms with Gasteiger partial charge in [0.1, 0.15) is 10.6 Å². The minimum atomic E-state index is -4.46. The number of hydrogen-bond donors (Lipinski definition) is 1. The topological polar surface area (TPSA) is 32.5 Å². The van der Waals surface area contributed by atoms with Gasteiger partial charge >= 0.3 is 6.18 Å². The molecule has 1 aromatic carbocycles. The minimum Gasteiger partial charge on any atom is -0.235 e. The van der Waals surface area contributed by atoms with Crippen molar-refractivity contribution in [1.82, 2.24) is 10.1 Å². The normalized spacial score (nSPS) is 24.7. The molecule has 0 radical (unpaired) electrons. The number of nitrogens with zero attached hydrogens (tertiary/aromatic N) is 2. The van der Waals surface area contributed by atoms with Crippen molar-refractivity contribution in [3.63, 3.8) is 0 Å². The third-order valence-corrected chi connectivity index (χ3v) is 4.28. The number of halogens is 3. The molecule has 1 heterocycles. The van der Waals surface area contributed by atoms with E-state index in [1.807, 2.05) is 30.3 Å². The largest absolute Gasteiger partial charge is 0.433 e. The molecule has 0 bridgehead atoms. The summed E-state index contributed by atoms with van der Waals surface area (Å²) in [5.41, 5.74) is -0.846. The molecule has 3 nitrogen and oxygen atoms in total. The van der Waals surface area contributed by atoms with Crippen molar-refractivity contribution in [2.45, 2.75) is 22.9 Å². The Labute approximate surface area is 113 Å². The summed E-state index contributed by atoms with van der Waals surface area (Å²) in [7, 11) is 1.53. The number of benzene rings is 1. The van der Waals surface area contributed by atoms with Crippen molar-refractivity contribution in [3.05, 3.63) is 42.1 Å². The number of nitrogens with two attached hydrogens (primary N) is 1. The Bertz CT molecular complexity index is 489. The molecular formula is C12H14F3N3S. The summed E-state index contributed by atoms with van der Waals surface area (Å²) in [6.45, 7) is 1.70. The van der Waals surface area contributed by atoms with Crippen molar-refractivity contribution in [3.8, 4) is 0 Å². The lowest BCUT2D eigenvalue weighted by Crippen LogP contribution is -2.49. The highest BCUT2D eigenvalue weighted by molar-refractivity contribution is 8.00. The van der Waals surface area contributed by atoms with Gasteiger partial charge < -0.3 is 0 Å². The maximum Gasteiger partial charge on any atom is 0.433 e. The number of likely N-dealkylation sites (N-methyl/N-ethyl adjacent to an activating group) is 1. The quantitative estimate of drug-likeness (QED) is 0.848. The van der Waals surface area contributed by atoms with Crippen LogP contribution in [0, 0.1) is 0 Å². The zero-order chi connectivity index (χ0) is 14.3. The maximum absolute atomic E-state index is 12.8. The SMILES string of the molecule is CN1N(N)C(C(F)(F)F)=CC1(C)Sc1ccccc1. The minimum absolute atomic E-state index is 0.649. The molecule has 1 aromatic rings. The Morgan fingerprint density at radius 1 is 1.21 bits per heavy atom. The van der Waals surface area contributed by atoms with Crippen LogP contribution in [0.1, 0.15) is 6.92 Å². The number of thioether (sulfide) groups is 1. The van der Waals surface area contributed by atoms with E-state index >= 15 is 0 Å². The van der Waals surface area contributed by atoms with E-state index in [0.29, 0.717) is 5.12 Å². The van der Waals surface area contributed by atoms with Gasteiger partial charge in [0, 0.05) is 11.9 Å². The first-order valence-electron chi connectivity index (χ1n) is 5.57. The Morgan fingerprint density at radius 2 is 1.79 bits per heavy atom. The Morgan fingerprint density at radius 3 is 2.26 bits per heavy atom. The first-order valence-corrected chi connectivity index (χ1v) is 6.38. The van der Waals surface area contributed by atoms with Crippen LogP contribution in [0.15, 0.2) is 47.0 Å². The highest BCUT2D eigenvalue weighted by Gasteiger charge is 2.49. The second-order valence-electron chi connectivity index (χ2n) is 4.37. The summed E-state index contributed by atoms with van der Waals surface area (Å²) >= 11 is 1.31. The zero-order valence-corrected chi connectivity index (χ0v) is 11.3. The summed E-state index contributed by atoms with van der Waals surface area (Å²) in [4.78, 5) is 0.00551. The molecule has 1 aliphatic rings. The molecule has 2 rings (SSSR count). The van der Waals surface area contributed by atoms with Crippen LogP contribution < -0.4 is 5.84 Å². The molecule has 0 aromatic heterocycles. The Balaban J connectivity index is 2.31. The molecule has 0 aliphatic carbocycles. The molecule has 7 heteroatoms. The fourth-order valence-corrected chi connectivity index (χ4v) is 2.98. The lowest BCUT2D eigenvalue weighted by atomic mass is 10.3. The monoisotopic (exact) mass is 289 g/mol. The van der Waals surface area contributed by atoms with Gasteiger partial charge in [0.25, 0.3) is 0 Å². The van der Waals surface area contributed by atoms with Crippen LogP contribution in [-0.2, 0) is 0 Å². The molecule has 1 unspecified atom stereocenters. The van der Waals surface area contributed by atoms with E-state index < -0.39 is 16.7 Å². The third kappa shape index (κ3) is 2.72. The fourth-order valence-electron chi connectivity index (χ4n) is 1.82. The zero-order valence-electron chi connectivity index (χ0n) is 10.5. The van der Waals surface area contributed by atoms with Gasteiger partial charge in [-0.05, 0) is 25.1 Å². The summed E-state index contributed by atoms with van der Waals surface area (Å²) in [6, 6.07) is 9.25. The smallest absolute Gasteiger partial charge is 0.235 e. The first kappa shape index (κ1) is 14.2. The van der Waals surface area contributed by atoms with Crippen molar-refractivity contribution in [1.29, 1.82) is 0 Å². The molecule has 0 amide bonds. The van der Waals surface area contributed by atoms with Gasteiger partial charge in [-0.25, -0.2) is 11.0 Å². The molecular weight excluding hydrogens is 275 g/mol.